The van der Waals surface area contributed by atoms with E-state index in [-0.39, 0.29) is 6.04 Å². The van der Waals surface area contributed by atoms with E-state index < -0.39 is 0 Å². The molecule has 0 amide bonds. The zero-order valence-electron chi connectivity index (χ0n) is 7.42. The van der Waals surface area contributed by atoms with E-state index in [4.69, 9.17) is 17.4 Å². The second-order valence-electron chi connectivity index (χ2n) is 2.86. The van der Waals surface area contributed by atoms with Gasteiger partial charge < -0.3 is 0 Å². The number of nitrogens with zero attached hydrogens (tertiary/aromatic N) is 1. The molecule has 0 aliphatic carbocycles. The summed E-state index contributed by atoms with van der Waals surface area (Å²) in [5, 5.41) is 0.457. The molecule has 0 saturated heterocycles. The van der Waals surface area contributed by atoms with Crippen LogP contribution in [0.2, 0.25) is 5.15 Å². The topological polar surface area (TPSA) is 50.9 Å². The summed E-state index contributed by atoms with van der Waals surface area (Å²) < 4.78 is 0. The molecule has 3 N–H and O–H groups in total. The summed E-state index contributed by atoms with van der Waals surface area (Å²) in [6, 6.07) is 3.55. The quantitative estimate of drug-likeness (QED) is 0.336. The van der Waals surface area contributed by atoms with Crippen molar-refractivity contribution in [3.63, 3.8) is 0 Å². The summed E-state index contributed by atoms with van der Waals surface area (Å²) in [5.41, 5.74) is 4.56. The Balaban J connectivity index is 2.98. The van der Waals surface area contributed by atoms with Crippen LogP contribution in [-0.4, -0.2) is 4.98 Å². The average Bonchev–Trinajstić information content (AvgIpc) is 2.04. The number of rotatable bonds is 3. The first-order chi connectivity index (χ1) is 6.15. The third-order valence-electron chi connectivity index (χ3n) is 1.74. The van der Waals surface area contributed by atoms with Crippen molar-refractivity contribution in [2.75, 3.05) is 0 Å². The Hall–Kier alpha value is -0.900. The predicted octanol–water partition coefficient (Wildman–Crippen LogP) is 1.82. The lowest BCUT2D eigenvalue weighted by Gasteiger charge is -2.15. The van der Waals surface area contributed by atoms with Gasteiger partial charge in [-0.3, -0.25) is 5.84 Å². The Labute approximate surface area is 82.6 Å². The minimum Gasteiger partial charge on any atom is -0.271 e. The molecule has 0 spiro atoms. The van der Waals surface area contributed by atoms with E-state index in [1.807, 2.05) is 13.0 Å². The highest BCUT2D eigenvalue weighted by Crippen LogP contribution is 2.20. The maximum Gasteiger partial charge on any atom is 0.129 e. The lowest BCUT2D eigenvalue weighted by Crippen LogP contribution is -2.28. The van der Waals surface area contributed by atoms with Crippen molar-refractivity contribution in [1.29, 1.82) is 0 Å². The highest BCUT2D eigenvalue weighted by atomic mass is 35.5. The van der Waals surface area contributed by atoms with E-state index in [1.54, 1.807) is 12.3 Å². The second kappa shape index (κ2) is 4.37. The normalized spacial score (nSPS) is 12.5. The molecule has 0 fully saturated rings. The number of nitrogens with two attached hydrogens (primary N) is 1. The van der Waals surface area contributed by atoms with Crippen LogP contribution < -0.4 is 11.3 Å². The first kappa shape index (κ1) is 10.2. The first-order valence-corrected chi connectivity index (χ1v) is 4.26. The standard InChI is InChI=1S/C9H12ClN3/c1-6(2)9(13-11)7-3-4-12-8(10)5-7/h3-5,9,13H,1,11H2,2H3. The maximum atomic E-state index is 5.74. The summed E-state index contributed by atoms with van der Waals surface area (Å²) in [4.78, 5) is 3.88. The first-order valence-electron chi connectivity index (χ1n) is 3.88. The third kappa shape index (κ3) is 2.52. The van der Waals surface area contributed by atoms with Crippen molar-refractivity contribution >= 4 is 11.6 Å². The van der Waals surface area contributed by atoms with Crippen LogP contribution in [0.4, 0.5) is 0 Å². The monoisotopic (exact) mass is 197 g/mol. The van der Waals surface area contributed by atoms with E-state index in [2.05, 4.69) is 17.0 Å². The van der Waals surface area contributed by atoms with Gasteiger partial charge in [0.05, 0.1) is 6.04 Å². The van der Waals surface area contributed by atoms with Crippen molar-refractivity contribution in [2.24, 2.45) is 5.84 Å². The summed E-state index contributed by atoms with van der Waals surface area (Å²) in [6.45, 7) is 5.73. The molecule has 0 aliphatic heterocycles. The highest BCUT2D eigenvalue weighted by molar-refractivity contribution is 6.29. The largest absolute Gasteiger partial charge is 0.271 e. The van der Waals surface area contributed by atoms with Crippen molar-refractivity contribution in [3.8, 4) is 0 Å². The molecular weight excluding hydrogens is 186 g/mol. The van der Waals surface area contributed by atoms with Gasteiger partial charge in [-0.15, -0.1) is 0 Å². The van der Waals surface area contributed by atoms with Crippen LogP contribution in [0.1, 0.15) is 18.5 Å². The predicted molar refractivity (Wildman–Crippen MR) is 54.1 cm³/mol. The second-order valence-corrected chi connectivity index (χ2v) is 3.25. The molecule has 0 bridgehead atoms. The summed E-state index contributed by atoms with van der Waals surface area (Å²) in [5.74, 6) is 5.38. The van der Waals surface area contributed by atoms with Gasteiger partial charge in [-0.1, -0.05) is 23.8 Å². The molecule has 1 aromatic heterocycles. The van der Waals surface area contributed by atoms with E-state index in [9.17, 15) is 0 Å². The van der Waals surface area contributed by atoms with Gasteiger partial charge >= 0.3 is 0 Å². The maximum absolute atomic E-state index is 5.74. The number of hydrogen-bond acceptors (Lipinski definition) is 3. The Morgan fingerprint density at radius 1 is 1.77 bits per heavy atom. The molecule has 0 saturated carbocycles. The van der Waals surface area contributed by atoms with Gasteiger partial charge in [-0.25, -0.2) is 10.4 Å². The van der Waals surface area contributed by atoms with Crippen molar-refractivity contribution in [2.45, 2.75) is 13.0 Å². The Bertz CT molecular complexity index is 311. The molecule has 1 atom stereocenters. The van der Waals surface area contributed by atoms with Crippen LogP contribution in [0.15, 0.2) is 30.5 Å². The number of halogens is 1. The summed E-state index contributed by atoms with van der Waals surface area (Å²) >= 11 is 5.74. The van der Waals surface area contributed by atoms with Crippen LogP contribution in [0.3, 0.4) is 0 Å². The number of pyridine rings is 1. The fourth-order valence-corrected chi connectivity index (χ4v) is 1.30. The average molecular weight is 198 g/mol. The van der Waals surface area contributed by atoms with E-state index in [0.29, 0.717) is 5.15 Å². The number of hydrogen-bond donors (Lipinski definition) is 2. The van der Waals surface area contributed by atoms with Crippen LogP contribution in [-0.2, 0) is 0 Å². The van der Waals surface area contributed by atoms with Gasteiger partial charge in [0.25, 0.3) is 0 Å². The molecular formula is C9H12ClN3. The van der Waals surface area contributed by atoms with E-state index in [1.165, 1.54) is 0 Å². The molecule has 0 aliphatic rings. The Morgan fingerprint density at radius 2 is 2.46 bits per heavy atom. The molecule has 0 aromatic carbocycles. The highest BCUT2D eigenvalue weighted by Gasteiger charge is 2.09. The lowest BCUT2D eigenvalue weighted by molar-refractivity contribution is 0.626. The van der Waals surface area contributed by atoms with Gasteiger partial charge in [0.15, 0.2) is 0 Å². The van der Waals surface area contributed by atoms with Crippen LogP contribution in [0.5, 0.6) is 0 Å². The van der Waals surface area contributed by atoms with Crippen LogP contribution in [0.25, 0.3) is 0 Å². The Morgan fingerprint density at radius 3 is 2.92 bits per heavy atom. The molecule has 1 unspecified atom stereocenters. The zero-order chi connectivity index (χ0) is 9.84. The minimum absolute atomic E-state index is 0.0690. The smallest absolute Gasteiger partial charge is 0.129 e. The van der Waals surface area contributed by atoms with Crippen molar-refractivity contribution < 1.29 is 0 Å². The molecule has 1 heterocycles. The fourth-order valence-electron chi connectivity index (χ4n) is 1.12. The van der Waals surface area contributed by atoms with E-state index >= 15 is 0 Å². The lowest BCUT2D eigenvalue weighted by atomic mass is 10.0. The molecule has 0 radical (unpaired) electrons. The molecule has 1 aromatic rings. The summed E-state index contributed by atoms with van der Waals surface area (Å²) in [6.07, 6.45) is 1.64. The number of aromatic nitrogens is 1. The van der Waals surface area contributed by atoms with Crippen LogP contribution in [0, 0.1) is 0 Å². The summed E-state index contributed by atoms with van der Waals surface area (Å²) in [7, 11) is 0. The van der Waals surface area contributed by atoms with Crippen LogP contribution >= 0.6 is 11.6 Å². The number of hydrazine groups is 1. The fraction of sp³-hybridized carbons (Fsp3) is 0.222. The molecule has 13 heavy (non-hydrogen) atoms. The van der Waals surface area contributed by atoms with Gasteiger partial charge in [-0.05, 0) is 24.6 Å². The third-order valence-corrected chi connectivity index (χ3v) is 1.95. The minimum atomic E-state index is -0.0690. The van der Waals surface area contributed by atoms with E-state index in [0.717, 1.165) is 11.1 Å². The van der Waals surface area contributed by atoms with Gasteiger partial charge in [0.1, 0.15) is 5.15 Å². The van der Waals surface area contributed by atoms with Crippen molar-refractivity contribution in [3.05, 3.63) is 41.2 Å². The van der Waals surface area contributed by atoms with Gasteiger partial charge in [-0.2, -0.15) is 0 Å². The molecule has 1 rings (SSSR count). The number of nitrogens with one attached hydrogen (secondary N) is 1. The Kier molecular flexibility index (Phi) is 3.42. The SMILES string of the molecule is C=C(C)C(NN)c1ccnc(Cl)c1. The van der Waals surface area contributed by atoms with Crippen molar-refractivity contribution in [1.82, 2.24) is 10.4 Å². The van der Waals surface area contributed by atoms with Gasteiger partial charge in [0.2, 0.25) is 0 Å². The molecule has 3 nitrogen and oxygen atoms in total. The molecule has 4 heteroatoms. The molecule has 70 valence electrons. The zero-order valence-corrected chi connectivity index (χ0v) is 8.17. The van der Waals surface area contributed by atoms with Gasteiger partial charge in [0, 0.05) is 6.20 Å².